The molecule has 1 radical (unpaired) electrons. The average Bonchev–Trinajstić information content (AvgIpc) is 2.89. The van der Waals surface area contributed by atoms with Gasteiger partial charge in [-0.2, -0.15) is 0 Å². The number of quaternary nitrogens is 1. The molecule has 0 unspecified atom stereocenters. The van der Waals surface area contributed by atoms with Crippen molar-refractivity contribution < 1.29 is 42.0 Å². The number of hydrogen-bond donors (Lipinski definition) is 0. The normalized spacial score (nSPS) is 16.1. The van der Waals surface area contributed by atoms with Crippen molar-refractivity contribution in [3.63, 3.8) is 0 Å². The minimum atomic E-state index is 0. The zero-order valence-corrected chi connectivity index (χ0v) is 20.5. The van der Waals surface area contributed by atoms with Crippen molar-refractivity contribution in [3.8, 4) is 0 Å². The third kappa shape index (κ3) is 6.61. The second-order valence-electron chi connectivity index (χ2n) is 8.33. The van der Waals surface area contributed by atoms with Gasteiger partial charge in [0.25, 0.3) is 0 Å². The first-order valence-corrected chi connectivity index (χ1v) is 10.6. The van der Waals surface area contributed by atoms with Gasteiger partial charge in [-0.05, 0) is 55.7 Å². The molecule has 0 aromatic heterocycles. The molecular formula is C25H34NOY+. The molecular weight excluding hydrogens is 419 g/mol. The van der Waals surface area contributed by atoms with Crippen molar-refractivity contribution in [1.82, 2.24) is 0 Å². The largest absolute Gasteiger partial charge is 0.314 e. The van der Waals surface area contributed by atoms with Gasteiger partial charge in [0.1, 0.15) is 13.1 Å². The monoisotopic (exact) mass is 453 g/mol. The fourth-order valence-electron chi connectivity index (χ4n) is 4.48. The summed E-state index contributed by atoms with van der Waals surface area (Å²) in [5, 5.41) is 0. The van der Waals surface area contributed by atoms with Crippen molar-refractivity contribution >= 4 is 5.78 Å². The third-order valence-electron chi connectivity index (χ3n) is 6.10. The Hall–Kier alpha value is -0.826. The van der Waals surface area contributed by atoms with Crippen LogP contribution in [0.15, 0.2) is 48.5 Å². The zero-order chi connectivity index (χ0) is 19.1. The molecule has 2 nitrogen and oxygen atoms in total. The van der Waals surface area contributed by atoms with Crippen LogP contribution in [0.1, 0.15) is 54.9 Å². The number of carbonyl (C=O) groups is 1. The second-order valence-corrected chi connectivity index (χ2v) is 8.33. The fraction of sp³-hybridized carbons (Fsp3) is 0.480. The summed E-state index contributed by atoms with van der Waals surface area (Å²) in [6.45, 7) is 8.23. The Labute approximate surface area is 196 Å². The number of Topliss-reactive ketones (excluding diaryl/α,β-unsaturated/α-hetero) is 1. The van der Waals surface area contributed by atoms with E-state index < -0.39 is 0 Å². The molecule has 28 heavy (non-hydrogen) atoms. The van der Waals surface area contributed by atoms with Gasteiger partial charge in [0.05, 0.1) is 13.1 Å². The summed E-state index contributed by atoms with van der Waals surface area (Å²) in [5.41, 5.74) is 5.14. The number of likely N-dealkylation sites (tertiary alicyclic amines) is 1. The van der Waals surface area contributed by atoms with Crippen LogP contribution in [-0.2, 0) is 56.9 Å². The van der Waals surface area contributed by atoms with Gasteiger partial charge in [-0.25, -0.2) is 0 Å². The van der Waals surface area contributed by atoms with Gasteiger partial charge in [0.2, 0.25) is 0 Å². The molecule has 3 heteroatoms. The van der Waals surface area contributed by atoms with Crippen LogP contribution in [0.3, 0.4) is 0 Å². The second kappa shape index (κ2) is 11.4. The molecule has 2 aromatic rings. The van der Waals surface area contributed by atoms with Crippen molar-refractivity contribution in [2.24, 2.45) is 0 Å². The van der Waals surface area contributed by atoms with Crippen molar-refractivity contribution in [2.45, 2.75) is 58.9 Å². The minimum Gasteiger partial charge on any atom is -0.314 e. The Morgan fingerprint density at radius 2 is 1.61 bits per heavy atom. The van der Waals surface area contributed by atoms with Gasteiger partial charge >= 0.3 is 0 Å². The molecule has 0 spiro atoms. The number of aryl methyl sites for hydroxylation is 2. The summed E-state index contributed by atoms with van der Waals surface area (Å²) in [4.78, 5) is 13.1. The van der Waals surface area contributed by atoms with Crippen LogP contribution in [0.25, 0.3) is 0 Å². The van der Waals surface area contributed by atoms with Crippen LogP contribution < -0.4 is 0 Å². The van der Waals surface area contributed by atoms with Crippen LogP contribution >= 0.6 is 0 Å². The first-order valence-electron chi connectivity index (χ1n) is 10.6. The van der Waals surface area contributed by atoms with Crippen LogP contribution in [0.4, 0.5) is 0 Å². The topological polar surface area (TPSA) is 17.1 Å². The summed E-state index contributed by atoms with van der Waals surface area (Å²) >= 11 is 0. The third-order valence-corrected chi connectivity index (χ3v) is 6.10. The van der Waals surface area contributed by atoms with E-state index in [0.29, 0.717) is 18.7 Å². The minimum absolute atomic E-state index is 0. The molecule has 147 valence electrons. The maximum Gasteiger partial charge on any atom is 0.191 e. The Bertz CT molecular complexity index is 748. The molecule has 0 amide bonds. The van der Waals surface area contributed by atoms with Crippen LogP contribution in [0.5, 0.6) is 0 Å². The Morgan fingerprint density at radius 3 is 2.25 bits per heavy atom. The summed E-state index contributed by atoms with van der Waals surface area (Å²) in [7, 11) is 0. The number of rotatable bonds is 7. The molecule has 0 aliphatic carbocycles. The van der Waals surface area contributed by atoms with Crippen LogP contribution in [0.2, 0.25) is 0 Å². The maximum absolute atomic E-state index is 13.1. The molecule has 1 aliphatic rings. The van der Waals surface area contributed by atoms with E-state index in [4.69, 9.17) is 0 Å². The summed E-state index contributed by atoms with van der Waals surface area (Å²) in [6.07, 6.45) is 6.69. The molecule has 1 saturated heterocycles. The molecule has 2 aromatic carbocycles. The number of hydrogen-bond acceptors (Lipinski definition) is 1. The first kappa shape index (κ1) is 23.5. The average molecular weight is 453 g/mol. The van der Waals surface area contributed by atoms with Crippen molar-refractivity contribution in [1.29, 1.82) is 0 Å². The van der Waals surface area contributed by atoms with E-state index in [0.717, 1.165) is 30.5 Å². The Morgan fingerprint density at radius 1 is 0.929 bits per heavy atom. The molecule has 0 saturated carbocycles. The number of ketones is 1. The fourth-order valence-corrected chi connectivity index (χ4v) is 4.48. The van der Waals surface area contributed by atoms with E-state index in [1.165, 1.54) is 47.9 Å². The smallest absolute Gasteiger partial charge is 0.191 e. The Kier molecular flexibility index (Phi) is 9.53. The van der Waals surface area contributed by atoms with Gasteiger partial charge < -0.3 is 4.48 Å². The van der Waals surface area contributed by atoms with Crippen LogP contribution in [-0.4, -0.2) is 29.9 Å². The van der Waals surface area contributed by atoms with E-state index in [2.05, 4.69) is 62.4 Å². The molecule has 3 rings (SSSR count). The summed E-state index contributed by atoms with van der Waals surface area (Å²) < 4.78 is 0.940. The van der Waals surface area contributed by atoms with Crippen molar-refractivity contribution in [3.05, 3.63) is 70.8 Å². The molecule has 1 heterocycles. The number of benzene rings is 2. The number of carbonyl (C=O) groups excluding carboxylic acids is 1. The molecule has 1 fully saturated rings. The quantitative estimate of drug-likeness (QED) is 0.523. The molecule has 0 atom stereocenters. The van der Waals surface area contributed by atoms with Gasteiger partial charge in [0.15, 0.2) is 5.78 Å². The van der Waals surface area contributed by atoms with E-state index in [1.807, 2.05) is 0 Å². The van der Waals surface area contributed by atoms with E-state index in [9.17, 15) is 4.79 Å². The first-order chi connectivity index (χ1) is 13.1. The maximum atomic E-state index is 13.1. The SMILES string of the molecule is CCc1ccc(C)c(CC(=O)C[N+]2(Cc3ccccc3)CCCCCC2)c1.[Y]. The van der Waals surface area contributed by atoms with Gasteiger partial charge in [-0.3, -0.25) is 4.79 Å². The standard InChI is InChI=1S/C25H34NO.Y/c1-3-22-14-13-21(2)24(17-22)18-25(27)20-26(15-9-4-5-10-16-26)19-23-11-7-6-8-12-23;/h6-8,11-14,17H,3-5,9-10,15-16,18-20H2,1-2H3;/q+1;. The summed E-state index contributed by atoms with van der Waals surface area (Å²) in [5.74, 6) is 0.393. The van der Waals surface area contributed by atoms with E-state index >= 15 is 0 Å². The van der Waals surface area contributed by atoms with Crippen molar-refractivity contribution in [2.75, 3.05) is 19.6 Å². The zero-order valence-electron chi connectivity index (χ0n) is 17.6. The van der Waals surface area contributed by atoms with E-state index in [1.54, 1.807) is 0 Å². The molecule has 0 N–H and O–H groups in total. The summed E-state index contributed by atoms with van der Waals surface area (Å²) in [6, 6.07) is 17.3. The molecule has 1 aliphatic heterocycles. The van der Waals surface area contributed by atoms with Gasteiger partial charge in [-0.1, -0.05) is 55.5 Å². The van der Waals surface area contributed by atoms with E-state index in [-0.39, 0.29) is 32.7 Å². The Balaban J connectivity index is 0.00000280. The van der Waals surface area contributed by atoms with Gasteiger partial charge in [-0.15, -0.1) is 0 Å². The number of nitrogens with zero attached hydrogens (tertiary/aromatic N) is 1. The molecule has 0 bridgehead atoms. The van der Waals surface area contributed by atoms with Crippen LogP contribution in [0, 0.1) is 6.92 Å². The predicted molar refractivity (Wildman–Crippen MR) is 113 cm³/mol. The van der Waals surface area contributed by atoms with Gasteiger partial charge in [0, 0.05) is 44.7 Å². The predicted octanol–water partition coefficient (Wildman–Crippen LogP) is 5.26.